The SMILES string of the molecule is O=C(NCC(c1ccc(Cl)cc1)N1CCCCC1)c1cnc[nH]1. The standard InChI is InChI=1S/C17H21ClN4O/c18-14-6-4-13(5-7-14)16(22-8-2-1-3-9-22)11-20-17(23)15-10-19-12-21-15/h4-7,10,12,16H,1-3,8-9,11H2,(H,19,21)(H,20,23). The molecule has 6 heteroatoms. The smallest absolute Gasteiger partial charge is 0.269 e. The van der Waals surface area contributed by atoms with Crippen molar-refractivity contribution >= 4 is 17.5 Å². The molecule has 0 aliphatic carbocycles. The molecule has 1 saturated heterocycles. The van der Waals surface area contributed by atoms with Gasteiger partial charge in [0.05, 0.1) is 18.6 Å². The fourth-order valence-corrected chi connectivity index (χ4v) is 3.16. The minimum absolute atomic E-state index is 0.126. The summed E-state index contributed by atoms with van der Waals surface area (Å²) in [6.45, 7) is 2.69. The fraction of sp³-hybridized carbons (Fsp3) is 0.412. The van der Waals surface area contributed by atoms with Crippen LogP contribution in [0.15, 0.2) is 36.8 Å². The molecule has 1 aromatic heterocycles. The van der Waals surface area contributed by atoms with Gasteiger partial charge in [-0.15, -0.1) is 0 Å². The maximum atomic E-state index is 12.2. The predicted molar refractivity (Wildman–Crippen MR) is 90.5 cm³/mol. The maximum absolute atomic E-state index is 12.2. The lowest BCUT2D eigenvalue weighted by Gasteiger charge is -2.35. The molecule has 2 aromatic rings. The second kappa shape index (κ2) is 7.62. The van der Waals surface area contributed by atoms with Gasteiger partial charge in [-0.05, 0) is 43.6 Å². The number of likely N-dealkylation sites (tertiary alicyclic amines) is 1. The molecule has 0 bridgehead atoms. The van der Waals surface area contributed by atoms with Crippen molar-refractivity contribution in [3.63, 3.8) is 0 Å². The van der Waals surface area contributed by atoms with E-state index in [4.69, 9.17) is 11.6 Å². The molecule has 122 valence electrons. The lowest BCUT2D eigenvalue weighted by atomic mass is 10.0. The molecule has 5 nitrogen and oxygen atoms in total. The van der Waals surface area contributed by atoms with Crippen molar-refractivity contribution in [1.82, 2.24) is 20.2 Å². The Labute approximate surface area is 141 Å². The van der Waals surface area contributed by atoms with Crippen LogP contribution in [0.3, 0.4) is 0 Å². The lowest BCUT2D eigenvalue weighted by Crippen LogP contribution is -2.40. The number of aromatic nitrogens is 2. The van der Waals surface area contributed by atoms with E-state index in [1.807, 2.05) is 24.3 Å². The Hall–Kier alpha value is -1.85. The zero-order valence-corrected chi connectivity index (χ0v) is 13.7. The van der Waals surface area contributed by atoms with Crippen LogP contribution in [-0.2, 0) is 0 Å². The van der Waals surface area contributed by atoms with Crippen LogP contribution < -0.4 is 5.32 Å². The number of aromatic amines is 1. The van der Waals surface area contributed by atoms with Gasteiger partial charge < -0.3 is 10.3 Å². The number of halogens is 1. The molecule has 2 heterocycles. The molecule has 2 N–H and O–H groups in total. The summed E-state index contributed by atoms with van der Waals surface area (Å²) >= 11 is 6.00. The van der Waals surface area contributed by atoms with Gasteiger partial charge in [-0.1, -0.05) is 30.2 Å². The third kappa shape index (κ3) is 4.12. The van der Waals surface area contributed by atoms with Crippen LogP contribution in [-0.4, -0.2) is 40.4 Å². The van der Waals surface area contributed by atoms with E-state index in [2.05, 4.69) is 20.2 Å². The van der Waals surface area contributed by atoms with Crippen LogP contribution in [0.4, 0.5) is 0 Å². The minimum atomic E-state index is -0.126. The molecule has 0 radical (unpaired) electrons. The Bertz CT molecular complexity index is 621. The van der Waals surface area contributed by atoms with Crippen LogP contribution in [0.2, 0.25) is 5.02 Å². The van der Waals surface area contributed by atoms with Crippen LogP contribution in [0, 0.1) is 0 Å². The summed E-state index contributed by atoms with van der Waals surface area (Å²) < 4.78 is 0. The monoisotopic (exact) mass is 332 g/mol. The van der Waals surface area contributed by atoms with E-state index in [-0.39, 0.29) is 11.9 Å². The fourth-order valence-electron chi connectivity index (χ4n) is 3.04. The molecule has 1 atom stereocenters. The van der Waals surface area contributed by atoms with Gasteiger partial charge in [0.25, 0.3) is 5.91 Å². The Kier molecular flexibility index (Phi) is 5.31. The van der Waals surface area contributed by atoms with Crippen LogP contribution in [0.25, 0.3) is 0 Å². The van der Waals surface area contributed by atoms with Gasteiger partial charge in [0.2, 0.25) is 0 Å². The average Bonchev–Trinajstić information content (AvgIpc) is 3.12. The number of imidazole rings is 1. The lowest BCUT2D eigenvalue weighted by molar-refractivity contribution is 0.0920. The second-order valence-electron chi connectivity index (χ2n) is 5.84. The summed E-state index contributed by atoms with van der Waals surface area (Å²) in [7, 11) is 0. The molecule has 0 saturated carbocycles. The number of nitrogens with zero attached hydrogens (tertiary/aromatic N) is 2. The molecular formula is C17H21ClN4O. The zero-order chi connectivity index (χ0) is 16.1. The summed E-state index contributed by atoms with van der Waals surface area (Å²) in [5.74, 6) is -0.126. The van der Waals surface area contributed by atoms with Gasteiger partial charge in [0.1, 0.15) is 5.69 Å². The van der Waals surface area contributed by atoms with Crippen molar-refractivity contribution in [3.8, 4) is 0 Å². The topological polar surface area (TPSA) is 61.0 Å². The van der Waals surface area contributed by atoms with E-state index in [1.54, 1.807) is 0 Å². The first-order valence-corrected chi connectivity index (χ1v) is 8.38. The number of carbonyl (C=O) groups excluding carboxylic acids is 1. The first-order valence-electron chi connectivity index (χ1n) is 8.00. The number of carbonyl (C=O) groups is 1. The third-order valence-corrected chi connectivity index (χ3v) is 4.54. The highest BCUT2D eigenvalue weighted by Gasteiger charge is 2.23. The number of piperidine rings is 1. The first-order chi connectivity index (χ1) is 11.2. The maximum Gasteiger partial charge on any atom is 0.269 e. The largest absolute Gasteiger partial charge is 0.349 e. The Balaban J connectivity index is 1.72. The summed E-state index contributed by atoms with van der Waals surface area (Å²) in [5.41, 5.74) is 1.67. The Morgan fingerprint density at radius 1 is 1.26 bits per heavy atom. The minimum Gasteiger partial charge on any atom is -0.349 e. The number of benzene rings is 1. The summed E-state index contributed by atoms with van der Waals surface area (Å²) in [6, 6.07) is 8.07. The van der Waals surface area contributed by atoms with Gasteiger partial charge in [-0.25, -0.2) is 4.98 Å². The van der Waals surface area contributed by atoms with Crippen LogP contribution in [0.1, 0.15) is 41.4 Å². The molecule has 1 fully saturated rings. The van der Waals surface area contributed by atoms with E-state index in [0.717, 1.165) is 18.1 Å². The van der Waals surface area contributed by atoms with Crippen LogP contribution >= 0.6 is 11.6 Å². The number of hydrogen-bond acceptors (Lipinski definition) is 3. The Morgan fingerprint density at radius 3 is 2.65 bits per heavy atom. The van der Waals surface area contributed by atoms with Crippen molar-refractivity contribution < 1.29 is 4.79 Å². The van der Waals surface area contributed by atoms with Crippen molar-refractivity contribution in [2.75, 3.05) is 19.6 Å². The summed E-state index contributed by atoms with van der Waals surface area (Å²) in [5, 5.41) is 3.74. The van der Waals surface area contributed by atoms with E-state index >= 15 is 0 Å². The number of hydrogen-bond donors (Lipinski definition) is 2. The molecule has 3 rings (SSSR count). The summed E-state index contributed by atoms with van der Waals surface area (Å²) in [4.78, 5) is 21.3. The molecule has 23 heavy (non-hydrogen) atoms. The predicted octanol–water partition coefficient (Wildman–Crippen LogP) is 3.02. The third-order valence-electron chi connectivity index (χ3n) is 4.29. The van der Waals surface area contributed by atoms with Gasteiger partial charge in [-0.3, -0.25) is 9.69 Å². The number of H-pyrrole nitrogens is 1. The van der Waals surface area contributed by atoms with E-state index in [0.29, 0.717) is 12.2 Å². The molecule has 1 unspecified atom stereocenters. The number of nitrogens with one attached hydrogen (secondary N) is 2. The van der Waals surface area contributed by atoms with Gasteiger partial charge in [0.15, 0.2) is 0 Å². The van der Waals surface area contributed by atoms with Gasteiger partial charge >= 0.3 is 0 Å². The second-order valence-corrected chi connectivity index (χ2v) is 6.28. The van der Waals surface area contributed by atoms with Crippen LogP contribution in [0.5, 0.6) is 0 Å². The van der Waals surface area contributed by atoms with E-state index < -0.39 is 0 Å². The van der Waals surface area contributed by atoms with Gasteiger partial charge in [-0.2, -0.15) is 0 Å². The quantitative estimate of drug-likeness (QED) is 0.884. The first kappa shape index (κ1) is 16.0. The molecule has 1 aliphatic heterocycles. The highest BCUT2D eigenvalue weighted by atomic mass is 35.5. The van der Waals surface area contributed by atoms with Crippen molar-refractivity contribution in [2.45, 2.75) is 25.3 Å². The average molecular weight is 333 g/mol. The molecular weight excluding hydrogens is 312 g/mol. The summed E-state index contributed by atoms with van der Waals surface area (Å²) in [6.07, 6.45) is 6.74. The molecule has 0 spiro atoms. The highest BCUT2D eigenvalue weighted by molar-refractivity contribution is 6.30. The molecule has 1 aromatic carbocycles. The normalized spacial score (nSPS) is 16.9. The zero-order valence-electron chi connectivity index (χ0n) is 13.0. The van der Waals surface area contributed by atoms with Gasteiger partial charge in [0, 0.05) is 11.6 Å². The Morgan fingerprint density at radius 2 is 2.00 bits per heavy atom. The number of amides is 1. The van der Waals surface area contributed by atoms with E-state index in [9.17, 15) is 4.79 Å². The van der Waals surface area contributed by atoms with Crippen molar-refractivity contribution in [1.29, 1.82) is 0 Å². The van der Waals surface area contributed by atoms with Crippen molar-refractivity contribution in [3.05, 3.63) is 53.1 Å². The van der Waals surface area contributed by atoms with Crippen molar-refractivity contribution in [2.24, 2.45) is 0 Å². The number of rotatable bonds is 5. The molecule has 1 amide bonds. The highest BCUT2D eigenvalue weighted by Crippen LogP contribution is 2.25. The molecule has 1 aliphatic rings. The van der Waals surface area contributed by atoms with E-state index in [1.165, 1.54) is 37.4 Å².